The van der Waals surface area contributed by atoms with Crippen molar-refractivity contribution >= 4 is 0 Å². The molecule has 0 aromatic heterocycles. The van der Waals surface area contributed by atoms with E-state index in [1.807, 2.05) is 13.0 Å². The van der Waals surface area contributed by atoms with Crippen LogP contribution < -0.4 is 0 Å². The molecule has 2 nitrogen and oxygen atoms in total. The van der Waals surface area contributed by atoms with Gasteiger partial charge in [0, 0.05) is 0 Å². The van der Waals surface area contributed by atoms with Gasteiger partial charge in [0.15, 0.2) is 0 Å². The third-order valence-corrected chi connectivity index (χ3v) is 1.47. The maximum absolute atomic E-state index is 9.30. The van der Waals surface area contributed by atoms with E-state index in [1.54, 1.807) is 19.9 Å². The molecule has 0 amide bonds. The average molecular weight is 158 g/mol. The van der Waals surface area contributed by atoms with Crippen LogP contribution in [0.25, 0.3) is 0 Å². The largest absolute Gasteiger partial charge is 0.390 e. The van der Waals surface area contributed by atoms with Crippen LogP contribution in [0.3, 0.4) is 0 Å². The fraction of sp³-hybridized carbons (Fsp3) is 0.778. The van der Waals surface area contributed by atoms with Crippen LogP contribution in [0.4, 0.5) is 0 Å². The molecule has 1 unspecified atom stereocenters. The van der Waals surface area contributed by atoms with Crippen LogP contribution in [-0.4, -0.2) is 21.9 Å². The molecule has 2 heteroatoms. The molecular weight excluding hydrogens is 140 g/mol. The molecule has 11 heavy (non-hydrogen) atoms. The fourth-order valence-electron chi connectivity index (χ4n) is 0.819. The second-order valence-corrected chi connectivity index (χ2v) is 3.44. The number of hydrogen-bond donors (Lipinski definition) is 2. The molecule has 0 fully saturated rings. The first kappa shape index (κ1) is 10.7. The van der Waals surface area contributed by atoms with E-state index in [2.05, 4.69) is 0 Å². The van der Waals surface area contributed by atoms with Crippen molar-refractivity contribution in [2.45, 2.75) is 45.3 Å². The highest BCUT2D eigenvalue weighted by Gasteiger charge is 2.13. The van der Waals surface area contributed by atoms with Gasteiger partial charge in [-0.2, -0.15) is 0 Å². The Morgan fingerprint density at radius 1 is 1.45 bits per heavy atom. The minimum atomic E-state index is -0.664. The summed E-state index contributed by atoms with van der Waals surface area (Å²) >= 11 is 0. The highest BCUT2D eigenvalue weighted by molar-refractivity contribution is 4.86. The van der Waals surface area contributed by atoms with Crippen molar-refractivity contribution in [3.8, 4) is 0 Å². The van der Waals surface area contributed by atoms with E-state index < -0.39 is 11.7 Å². The third kappa shape index (κ3) is 7.56. The molecule has 0 aliphatic carbocycles. The summed E-state index contributed by atoms with van der Waals surface area (Å²) in [6, 6.07) is 0. The summed E-state index contributed by atoms with van der Waals surface area (Å²) < 4.78 is 0. The summed E-state index contributed by atoms with van der Waals surface area (Å²) in [5, 5.41) is 18.5. The zero-order chi connectivity index (χ0) is 8.91. The van der Waals surface area contributed by atoms with Crippen molar-refractivity contribution in [1.82, 2.24) is 0 Å². The Hall–Kier alpha value is -0.340. The van der Waals surface area contributed by atoms with Gasteiger partial charge in [-0.15, -0.1) is 0 Å². The molecule has 0 saturated carbocycles. The van der Waals surface area contributed by atoms with Crippen LogP contribution in [0.5, 0.6) is 0 Å². The van der Waals surface area contributed by atoms with E-state index in [-0.39, 0.29) is 0 Å². The lowest BCUT2D eigenvalue weighted by molar-refractivity contribution is 0.0557. The van der Waals surface area contributed by atoms with Gasteiger partial charge in [0.2, 0.25) is 0 Å². The van der Waals surface area contributed by atoms with Crippen LogP contribution in [0.2, 0.25) is 0 Å². The quantitative estimate of drug-likeness (QED) is 0.608. The highest BCUT2D eigenvalue weighted by atomic mass is 16.3. The van der Waals surface area contributed by atoms with Crippen molar-refractivity contribution in [1.29, 1.82) is 0 Å². The Morgan fingerprint density at radius 3 is 2.36 bits per heavy atom. The summed E-state index contributed by atoms with van der Waals surface area (Å²) in [5.74, 6) is 0. The lowest BCUT2D eigenvalue weighted by atomic mass is 10.0. The van der Waals surface area contributed by atoms with Gasteiger partial charge in [-0.1, -0.05) is 12.2 Å². The molecule has 0 aliphatic rings. The minimum Gasteiger partial charge on any atom is -0.390 e. The highest BCUT2D eigenvalue weighted by Crippen LogP contribution is 2.12. The third-order valence-electron chi connectivity index (χ3n) is 1.47. The minimum absolute atomic E-state index is 0.411. The van der Waals surface area contributed by atoms with Gasteiger partial charge >= 0.3 is 0 Å². The SMILES string of the molecule is C/C=C/C(O)CCC(C)(C)O. The predicted molar refractivity (Wildman–Crippen MR) is 46.4 cm³/mol. The Kier molecular flexibility index (Phi) is 4.38. The van der Waals surface area contributed by atoms with Gasteiger partial charge in [0.25, 0.3) is 0 Å². The van der Waals surface area contributed by atoms with Gasteiger partial charge in [-0.25, -0.2) is 0 Å². The van der Waals surface area contributed by atoms with Crippen LogP contribution in [0.15, 0.2) is 12.2 Å². The maximum atomic E-state index is 9.30. The molecule has 0 aromatic carbocycles. The van der Waals surface area contributed by atoms with E-state index in [9.17, 15) is 10.2 Å². The lowest BCUT2D eigenvalue weighted by Gasteiger charge is -2.17. The molecular formula is C9H18O2. The second-order valence-electron chi connectivity index (χ2n) is 3.44. The number of aliphatic hydroxyl groups is 2. The van der Waals surface area contributed by atoms with E-state index in [1.165, 1.54) is 0 Å². The number of allylic oxidation sites excluding steroid dienone is 1. The van der Waals surface area contributed by atoms with Gasteiger partial charge in [-0.3, -0.25) is 0 Å². The number of rotatable bonds is 4. The summed E-state index contributed by atoms with van der Waals surface area (Å²) in [4.78, 5) is 0. The van der Waals surface area contributed by atoms with Gasteiger partial charge in [-0.05, 0) is 33.6 Å². The molecule has 66 valence electrons. The van der Waals surface area contributed by atoms with Gasteiger partial charge < -0.3 is 10.2 Å². The summed E-state index contributed by atoms with van der Waals surface area (Å²) in [7, 11) is 0. The first-order valence-corrected chi connectivity index (χ1v) is 3.99. The van der Waals surface area contributed by atoms with Crippen molar-refractivity contribution < 1.29 is 10.2 Å². The molecule has 0 saturated heterocycles. The molecule has 0 aromatic rings. The van der Waals surface area contributed by atoms with E-state index in [4.69, 9.17) is 0 Å². The van der Waals surface area contributed by atoms with Crippen molar-refractivity contribution in [2.75, 3.05) is 0 Å². The molecule has 2 N–H and O–H groups in total. The Morgan fingerprint density at radius 2 is 2.00 bits per heavy atom. The van der Waals surface area contributed by atoms with E-state index in [0.29, 0.717) is 12.8 Å². The van der Waals surface area contributed by atoms with Crippen LogP contribution in [-0.2, 0) is 0 Å². The molecule has 0 spiro atoms. The first-order chi connectivity index (χ1) is 4.95. The molecule has 0 bridgehead atoms. The van der Waals surface area contributed by atoms with Gasteiger partial charge in [0.05, 0.1) is 11.7 Å². The zero-order valence-electron chi connectivity index (χ0n) is 7.54. The van der Waals surface area contributed by atoms with Gasteiger partial charge in [0.1, 0.15) is 0 Å². The smallest absolute Gasteiger partial charge is 0.0721 e. The molecule has 0 aliphatic heterocycles. The van der Waals surface area contributed by atoms with Crippen LogP contribution in [0, 0.1) is 0 Å². The average Bonchev–Trinajstić information content (AvgIpc) is 1.83. The van der Waals surface area contributed by atoms with Crippen LogP contribution >= 0.6 is 0 Å². The Bertz CT molecular complexity index is 122. The monoisotopic (exact) mass is 158 g/mol. The standard InChI is InChI=1S/C9H18O2/c1-4-5-8(10)6-7-9(2,3)11/h4-5,8,10-11H,6-7H2,1-3H3/b5-4+. The second kappa shape index (κ2) is 4.52. The molecule has 0 heterocycles. The molecule has 0 radical (unpaired) electrons. The number of aliphatic hydroxyl groups excluding tert-OH is 1. The molecule has 1 atom stereocenters. The van der Waals surface area contributed by atoms with E-state index in [0.717, 1.165) is 0 Å². The maximum Gasteiger partial charge on any atom is 0.0721 e. The summed E-state index contributed by atoms with van der Waals surface area (Å²) in [5.41, 5.74) is -0.664. The van der Waals surface area contributed by atoms with E-state index >= 15 is 0 Å². The normalized spacial score (nSPS) is 15.7. The fourth-order valence-corrected chi connectivity index (χ4v) is 0.819. The first-order valence-electron chi connectivity index (χ1n) is 3.99. The zero-order valence-corrected chi connectivity index (χ0v) is 7.54. The topological polar surface area (TPSA) is 40.5 Å². The van der Waals surface area contributed by atoms with Crippen molar-refractivity contribution in [2.24, 2.45) is 0 Å². The molecule has 0 rings (SSSR count). The Labute approximate surface area is 68.6 Å². The Balaban J connectivity index is 3.54. The predicted octanol–water partition coefficient (Wildman–Crippen LogP) is 1.47. The summed E-state index contributed by atoms with van der Waals surface area (Å²) in [6.45, 7) is 5.36. The summed E-state index contributed by atoms with van der Waals surface area (Å²) in [6.07, 6.45) is 4.37. The van der Waals surface area contributed by atoms with Crippen molar-refractivity contribution in [3.63, 3.8) is 0 Å². The van der Waals surface area contributed by atoms with Crippen molar-refractivity contribution in [3.05, 3.63) is 12.2 Å². The number of hydrogen-bond acceptors (Lipinski definition) is 2. The van der Waals surface area contributed by atoms with Crippen LogP contribution in [0.1, 0.15) is 33.6 Å². The lowest BCUT2D eigenvalue weighted by Crippen LogP contribution is -2.20.